The predicted octanol–water partition coefficient (Wildman–Crippen LogP) is 7.58. The van der Waals surface area contributed by atoms with E-state index in [0.29, 0.717) is 11.5 Å². The third-order valence-corrected chi connectivity index (χ3v) is 7.83. The van der Waals surface area contributed by atoms with Crippen molar-refractivity contribution >= 4 is 29.2 Å². The average Bonchev–Trinajstić information content (AvgIpc) is 3.29. The maximum Gasteiger partial charge on any atom is 0.188 e. The maximum absolute atomic E-state index is 10.3. The van der Waals surface area contributed by atoms with Gasteiger partial charge in [-0.2, -0.15) is 0 Å². The van der Waals surface area contributed by atoms with Crippen LogP contribution in [0.4, 0.5) is 0 Å². The fourth-order valence-electron chi connectivity index (χ4n) is 3.94. The number of aliphatic hydroxyl groups is 1. The van der Waals surface area contributed by atoms with Gasteiger partial charge >= 0.3 is 0 Å². The van der Waals surface area contributed by atoms with Gasteiger partial charge in [-0.15, -0.1) is 11.3 Å². The number of ether oxygens (including phenoxy) is 2. The minimum absolute atomic E-state index is 0.697. The van der Waals surface area contributed by atoms with Crippen LogP contribution in [0.1, 0.15) is 36.4 Å². The van der Waals surface area contributed by atoms with E-state index in [1.54, 1.807) is 51.2 Å². The molecule has 0 aliphatic heterocycles. The molecule has 0 unspecified atom stereocenters. The van der Waals surface area contributed by atoms with Crippen LogP contribution >= 0.6 is 23.1 Å². The zero-order valence-electron chi connectivity index (χ0n) is 22.0. The first kappa shape index (κ1) is 26.9. The summed E-state index contributed by atoms with van der Waals surface area (Å²) in [6.45, 7) is 7.54. The molecule has 37 heavy (non-hydrogen) atoms. The first-order chi connectivity index (χ1) is 17.7. The van der Waals surface area contributed by atoms with Gasteiger partial charge in [-0.3, -0.25) is 0 Å². The van der Waals surface area contributed by atoms with Crippen molar-refractivity contribution in [2.45, 2.75) is 44.2 Å². The molecule has 0 radical (unpaired) electrons. The first-order valence-corrected chi connectivity index (χ1v) is 13.8. The zero-order valence-corrected chi connectivity index (χ0v) is 23.7. The number of rotatable bonds is 9. The molecule has 0 atom stereocenters. The van der Waals surface area contributed by atoms with Crippen molar-refractivity contribution in [1.82, 2.24) is 9.97 Å². The summed E-state index contributed by atoms with van der Waals surface area (Å²) in [4.78, 5) is 11.5. The Morgan fingerprint density at radius 3 is 2.32 bits per heavy atom. The molecule has 2 aromatic carbocycles. The first-order valence-electron chi connectivity index (χ1n) is 12.0. The normalized spacial score (nSPS) is 11.8. The zero-order chi connectivity index (χ0) is 26.6. The summed E-state index contributed by atoms with van der Waals surface area (Å²) in [7, 11) is 3.29. The summed E-state index contributed by atoms with van der Waals surface area (Å²) in [6.07, 6.45) is 3.82. The molecule has 192 valence electrons. The number of methoxy groups -OCH3 is 2. The van der Waals surface area contributed by atoms with Crippen LogP contribution < -0.4 is 9.47 Å². The van der Waals surface area contributed by atoms with Gasteiger partial charge in [0.05, 0.1) is 19.8 Å². The molecule has 0 aliphatic carbocycles. The van der Waals surface area contributed by atoms with Crippen molar-refractivity contribution in [2.24, 2.45) is 0 Å². The van der Waals surface area contributed by atoms with Gasteiger partial charge in [0.15, 0.2) is 16.7 Å². The van der Waals surface area contributed by atoms with Crippen molar-refractivity contribution < 1.29 is 14.6 Å². The summed E-state index contributed by atoms with van der Waals surface area (Å²) in [5.41, 5.74) is 5.48. The second-order valence-electron chi connectivity index (χ2n) is 9.33. The molecule has 1 N–H and O–H groups in total. The van der Waals surface area contributed by atoms with Gasteiger partial charge in [0, 0.05) is 26.9 Å². The molecule has 7 heteroatoms. The van der Waals surface area contributed by atoms with E-state index < -0.39 is 5.60 Å². The van der Waals surface area contributed by atoms with Gasteiger partial charge in [0.2, 0.25) is 0 Å². The van der Waals surface area contributed by atoms with E-state index in [0.717, 1.165) is 43.9 Å². The fraction of sp³-hybridized carbons (Fsp3) is 0.267. The van der Waals surface area contributed by atoms with Gasteiger partial charge in [0.1, 0.15) is 0 Å². The lowest BCUT2D eigenvalue weighted by atomic mass is 10.0. The summed E-state index contributed by atoms with van der Waals surface area (Å²) in [5.74, 6) is 2.13. The molecule has 0 fully saturated rings. The molecule has 4 rings (SSSR count). The Morgan fingerprint density at radius 2 is 1.65 bits per heavy atom. The van der Waals surface area contributed by atoms with Crippen LogP contribution in [0.5, 0.6) is 11.5 Å². The largest absolute Gasteiger partial charge is 0.493 e. The maximum atomic E-state index is 10.3. The summed E-state index contributed by atoms with van der Waals surface area (Å²) >= 11 is 3.38. The molecule has 4 aromatic rings. The number of nitrogens with zero attached hydrogens (tertiary/aromatic N) is 2. The van der Waals surface area contributed by atoms with E-state index in [1.807, 2.05) is 50.3 Å². The molecule has 2 aromatic heterocycles. The van der Waals surface area contributed by atoms with Gasteiger partial charge in [-0.05, 0) is 80.3 Å². The number of hydrogen-bond donors (Lipinski definition) is 1. The molecule has 0 saturated heterocycles. The van der Waals surface area contributed by atoms with Crippen LogP contribution in [-0.4, -0.2) is 34.9 Å². The van der Waals surface area contributed by atoms with E-state index in [-0.39, 0.29) is 0 Å². The molecule has 5 nitrogen and oxygen atoms in total. The lowest BCUT2D eigenvalue weighted by Crippen LogP contribution is -2.13. The number of thioether (sulfide) groups is 1. The van der Waals surface area contributed by atoms with Crippen molar-refractivity contribution in [3.8, 4) is 32.4 Å². The monoisotopic (exact) mass is 532 g/mol. The molecular weight excluding hydrogens is 500 g/mol. The summed E-state index contributed by atoms with van der Waals surface area (Å²) in [5, 5.41) is 11.0. The van der Waals surface area contributed by atoms with Crippen molar-refractivity contribution in [1.29, 1.82) is 0 Å². The van der Waals surface area contributed by atoms with Gasteiger partial charge < -0.3 is 14.6 Å². The van der Waals surface area contributed by atoms with Crippen molar-refractivity contribution in [3.05, 3.63) is 83.2 Å². The Morgan fingerprint density at radius 1 is 0.946 bits per heavy atom. The number of aryl methyl sites for hydroxylation is 2. The summed E-state index contributed by atoms with van der Waals surface area (Å²) < 4.78 is 11.0. The van der Waals surface area contributed by atoms with E-state index in [1.165, 1.54) is 10.4 Å². The van der Waals surface area contributed by atoms with E-state index in [2.05, 4.69) is 40.3 Å². The highest BCUT2D eigenvalue weighted by molar-refractivity contribution is 7.98. The molecule has 0 spiro atoms. The number of benzene rings is 2. The molecule has 0 aliphatic rings. The van der Waals surface area contributed by atoms with E-state index >= 15 is 0 Å². The third kappa shape index (κ3) is 6.80. The Hall–Kier alpha value is -3.13. The van der Waals surface area contributed by atoms with Crippen LogP contribution in [0.25, 0.3) is 27.0 Å². The van der Waals surface area contributed by atoms with Crippen LogP contribution in [0.2, 0.25) is 0 Å². The highest BCUT2D eigenvalue weighted by Gasteiger charge is 2.17. The van der Waals surface area contributed by atoms with Gasteiger partial charge in [-0.25, -0.2) is 9.97 Å². The molecular formula is C30H32N2O3S2. The number of hydrogen-bond acceptors (Lipinski definition) is 7. The highest BCUT2D eigenvalue weighted by atomic mass is 32.2. The minimum Gasteiger partial charge on any atom is -0.493 e. The standard InChI is InChI=1S/C30H32N2O3S2/c1-19-15-20(2)32-29(31-19)36-18-23-17-27(22-11-12-25(34-5)26(16-22)35-6)37-28(23)24-10-8-7-9-21(24)13-14-30(3,4)33/h7-17,33H,18H2,1-6H3/b14-13+. The van der Waals surface area contributed by atoms with E-state index in [4.69, 9.17) is 9.47 Å². The van der Waals surface area contributed by atoms with Gasteiger partial charge in [0.25, 0.3) is 0 Å². The Labute approximate surface area is 227 Å². The van der Waals surface area contributed by atoms with E-state index in [9.17, 15) is 5.11 Å². The number of aromatic nitrogens is 2. The molecule has 0 bridgehead atoms. The van der Waals surface area contributed by atoms with Crippen LogP contribution in [0.3, 0.4) is 0 Å². The quantitative estimate of drug-likeness (QED) is 0.177. The van der Waals surface area contributed by atoms with Crippen LogP contribution in [-0.2, 0) is 5.75 Å². The Bertz CT molecular complexity index is 1400. The highest BCUT2D eigenvalue weighted by Crippen LogP contribution is 2.43. The van der Waals surface area contributed by atoms with Gasteiger partial charge in [-0.1, -0.05) is 48.2 Å². The molecule has 0 amide bonds. The second kappa shape index (κ2) is 11.5. The molecule has 0 saturated carbocycles. The van der Waals surface area contributed by atoms with Crippen LogP contribution in [0, 0.1) is 13.8 Å². The third-order valence-electron chi connectivity index (χ3n) is 5.67. The van der Waals surface area contributed by atoms with Crippen molar-refractivity contribution in [2.75, 3.05) is 14.2 Å². The smallest absolute Gasteiger partial charge is 0.188 e. The number of thiophene rings is 1. The Balaban J connectivity index is 1.79. The van der Waals surface area contributed by atoms with Crippen LogP contribution in [0.15, 0.2) is 65.8 Å². The topological polar surface area (TPSA) is 64.5 Å². The molecule has 2 heterocycles. The SMILES string of the molecule is COc1ccc(-c2cc(CSc3nc(C)cc(C)n3)c(-c3ccccc3/C=C/C(C)(C)O)s2)cc1OC. The lowest BCUT2D eigenvalue weighted by Gasteiger charge is -2.12. The fourth-order valence-corrected chi connectivity index (χ4v) is 6.18. The Kier molecular flexibility index (Phi) is 8.37. The lowest BCUT2D eigenvalue weighted by molar-refractivity contribution is 0.134. The second-order valence-corrected chi connectivity index (χ2v) is 11.3. The predicted molar refractivity (Wildman–Crippen MR) is 155 cm³/mol. The minimum atomic E-state index is -0.896. The average molecular weight is 533 g/mol. The van der Waals surface area contributed by atoms with Crippen molar-refractivity contribution in [3.63, 3.8) is 0 Å². The summed E-state index contributed by atoms with van der Waals surface area (Å²) in [6, 6.07) is 18.5.